The van der Waals surface area contributed by atoms with Crippen molar-refractivity contribution >= 4 is 10.1 Å². The maximum absolute atomic E-state index is 12.0. The van der Waals surface area contributed by atoms with Crippen LogP contribution in [0.15, 0.2) is 91.0 Å². The van der Waals surface area contributed by atoms with Crippen LogP contribution in [0.5, 0.6) is 11.5 Å². The van der Waals surface area contributed by atoms with Crippen LogP contribution < -0.4 is 4.74 Å². The fourth-order valence-electron chi connectivity index (χ4n) is 4.95. The molecule has 1 fully saturated rings. The Morgan fingerprint density at radius 3 is 2.19 bits per heavy atom. The Bertz CT molecular complexity index is 1260. The van der Waals surface area contributed by atoms with E-state index in [1.807, 2.05) is 42.5 Å². The molecule has 7 heteroatoms. The molecule has 4 rings (SSSR count). The van der Waals surface area contributed by atoms with E-state index in [2.05, 4.69) is 12.1 Å². The Morgan fingerprint density at radius 2 is 1.57 bits per heavy atom. The lowest BCUT2D eigenvalue weighted by atomic mass is 9.92. The van der Waals surface area contributed by atoms with Crippen LogP contribution in [0.25, 0.3) is 0 Å². The van der Waals surface area contributed by atoms with Gasteiger partial charge in [0, 0.05) is 0 Å². The van der Waals surface area contributed by atoms with Gasteiger partial charge in [-0.15, -0.1) is 0 Å². The van der Waals surface area contributed by atoms with Crippen molar-refractivity contribution < 1.29 is 27.9 Å². The third kappa shape index (κ3) is 7.22. The fourth-order valence-corrected chi connectivity index (χ4v) is 5.72. The predicted molar refractivity (Wildman–Crippen MR) is 144 cm³/mol. The van der Waals surface area contributed by atoms with Crippen molar-refractivity contribution in [1.82, 2.24) is 0 Å². The van der Waals surface area contributed by atoms with E-state index in [4.69, 9.17) is 4.74 Å². The number of aliphatic hydroxyl groups is 1. The van der Waals surface area contributed by atoms with Gasteiger partial charge in [-0.25, -0.2) is 0 Å². The SMILES string of the molecule is O=S(=O)(O)[C@@H](C/C=C/[C@@H](O)c1ccc(O)cc1)CCc1ccc(OC2(c3ccccc3)CCCC2)cc1. The first-order valence-electron chi connectivity index (χ1n) is 12.7. The van der Waals surface area contributed by atoms with Crippen molar-refractivity contribution in [3.8, 4) is 11.5 Å². The molecule has 0 saturated heterocycles. The molecule has 1 aliphatic rings. The van der Waals surface area contributed by atoms with Crippen LogP contribution in [0, 0.1) is 0 Å². The molecule has 6 nitrogen and oxygen atoms in total. The molecule has 3 aromatic rings. The summed E-state index contributed by atoms with van der Waals surface area (Å²) in [6.45, 7) is 0. The summed E-state index contributed by atoms with van der Waals surface area (Å²) in [7, 11) is -4.26. The highest BCUT2D eigenvalue weighted by Crippen LogP contribution is 2.42. The van der Waals surface area contributed by atoms with Gasteiger partial charge in [-0.2, -0.15) is 8.42 Å². The molecule has 0 unspecified atom stereocenters. The van der Waals surface area contributed by atoms with Gasteiger partial charge in [0.25, 0.3) is 10.1 Å². The van der Waals surface area contributed by atoms with E-state index in [-0.39, 0.29) is 24.2 Å². The Kier molecular flexibility index (Phi) is 8.69. The molecule has 0 radical (unpaired) electrons. The van der Waals surface area contributed by atoms with Gasteiger partial charge in [-0.1, -0.05) is 66.7 Å². The lowest BCUT2D eigenvalue weighted by Crippen LogP contribution is -2.29. The first-order chi connectivity index (χ1) is 17.7. The van der Waals surface area contributed by atoms with E-state index in [1.54, 1.807) is 18.2 Å². The largest absolute Gasteiger partial charge is 0.508 e. The molecule has 0 bridgehead atoms. The van der Waals surface area contributed by atoms with Crippen LogP contribution >= 0.6 is 0 Å². The van der Waals surface area contributed by atoms with E-state index >= 15 is 0 Å². The summed E-state index contributed by atoms with van der Waals surface area (Å²) in [5.41, 5.74) is 2.41. The number of aryl methyl sites for hydroxylation is 1. The van der Waals surface area contributed by atoms with Crippen molar-refractivity contribution in [2.45, 2.75) is 61.9 Å². The molecule has 3 N–H and O–H groups in total. The number of aliphatic hydroxyl groups excluding tert-OH is 1. The van der Waals surface area contributed by atoms with Gasteiger partial charge < -0.3 is 14.9 Å². The molecule has 0 aromatic heterocycles. The van der Waals surface area contributed by atoms with Crippen LogP contribution in [0.3, 0.4) is 0 Å². The summed E-state index contributed by atoms with van der Waals surface area (Å²) < 4.78 is 40.2. The maximum Gasteiger partial charge on any atom is 0.268 e. The number of rotatable bonds is 11. The van der Waals surface area contributed by atoms with Crippen LogP contribution in [0.4, 0.5) is 0 Å². The topological polar surface area (TPSA) is 104 Å². The van der Waals surface area contributed by atoms with Crippen molar-refractivity contribution in [3.63, 3.8) is 0 Å². The zero-order chi connectivity index (χ0) is 26.3. The Morgan fingerprint density at radius 1 is 0.919 bits per heavy atom. The normalized spacial score (nSPS) is 17.0. The molecule has 37 heavy (non-hydrogen) atoms. The van der Waals surface area contributed by atoms with Crippen LogP contribution in [-0.4, -0.2) is 28.4 Å². The fraction of sp³-hybridized carbons (Fsp3) is 0.333. The van der Waals surface area contributed by atoms with Crippen molar-refractivity contribution in [1.29, 1.82) is 0 Å². The van der Waals surface area contributed by atoms with Gasteiger partial charge in [0.05, 0.1) is 11.4 Å². The van der Waals surface area contributed by atoms with Gasteiger partial charge >= 0.3 is 0 Å². The highest BCUT2D eigenvalue weighted by molar-refractivity contribution is 7.86. The quantitative estimate of drug-likeness (QED) is 0.207. The average Bonchev–Trinajstić information content (AvgIpc) is 3.37. The van der Waals surface area contributed by atoms with E-state index in [0.717, 1.165) is 37.0 Å². The number of hydrogen-bond donors (Lipinski definition) is 3. The number of phenolic OH excluding ortho intramolecular Hbond substituents is 1. The molecule has 0 heterocycles. The molecule has 196 valence electrons. The average molecular weight is 523 g/mol. The molecule has 1 saturated carbocycles. The number of ether oxygens (including phenoxy) is 1. The van der Waals surface area contributed by atoms with Crippen molar-refractivity contribution in [3.05, 3.63) is 108 Å². The first-order valence-corrected chi connectivity index (χ1v) is 14.2. The molecular weight excluding hydrogens is 488 g/mol. The first kappa shape index (κ1) is 26.9. The van der Waals surface area contributed by atoms with Crippen molar-refractivity contribution in [2.24, 2.45) is 0 Å². The number of phenols is 1. The Hall–Kier alpha value is -3.13. The highest BCUT2D eigenvalue weighted by Gasteiger charge is 2.37. The summed E-state index contributed by atoms with van der Waals surface area (Å²) in [4.78, 5) is 0. The second-order valence-corrected chi connectivity index (χ2v) is 11.4. The summed E-state index contributed by atoms with van der Waals surface area (Å²) in [5, 5.41) is 18.6. The third-order valence-corrected chi connectivity index (χ3v) is 8.35. The summed E-state index contributed by atoms with van der Waals surface area (Å²) in [6.07, 6.45) is 7.13. The summed E-state index contributed by atoms with van der Waals surface area (Å²) in [5.74, 6) is 0.882. The molecule has 0 amide bonds. The zero-order valence-corrected chi connectivity index (χ0v) is 21.6. The van der Waals surface area contributed by atoms with Gasteiger partial charge in [-0.3, -0.25) is 4.55 Å². The molecular formula is C30H34O6S. The monoisotopic (exact) mass is 522 g/mol. The minimum absolute atomic E-state index is 0.0781. The molecule has 0 aliphatic heterocycles. The van der Waals surface area contributed by atoms with Crippen molar-refractivity contribution in [2.75, 3.05) is 0 Å². The molecule has 3 aromatic carbocycles. The predicted octanol–water partition coefficient (Wildman–Crippen LogP) is 6.11. The molecule has 0 spiro atoms. The van der Waals surface area contributed by atoms with E-state index in [0.29, 0.717) is 12.0 Å². The summed E-state index contributed by atoms with van der Waals surface area (Å²) >= 11 is 0. The number of aromatic hydroxyl groups is 1. The van der Waals surface area contributed by atoms with Gasteiger partial charge in [0.2, 0.25) is 0 Å². The number of hydrogen-bond acceptors (Lipinski definition) is 5. The highest BCUT2D eigenvalue weighted by atomic mass is 32.2. The summed E-state index contributed by atoms with van der Waals surface area (Å²) in [6, 6.07) is 24.2. The van der Waals surface area contributed by atoms with Gasteiger partial charge in [0.15, 0.2) is 0 Å². The minimum atomic E-state index is -4.26. The number of allylic oxidation sites excluding steroid dienone is 1. The lowest BCUT2D eigenvalue weighted by Gasteiger charge is -2.31. The molecule has 2 atom stereocenters. The molecule has 1 aliphatic carbocycles. The maximum atomic E-state index is 12.0. The minimum Gasteiger partial charge on any atom is -0.508 e. The second-order valence-electron chi connectivity index (χ2n) is 9.69. The van der Waals surface area contributed by atoms with Gasteiger partial charge in [-0.05, 0) is 85.9 Å². The second kappa shape index (κ2) is 11.9. The van der Waals surface area contributed by atoms with Crippen LogP contribution in [0.1, 0.15) is 61.3 Å². The smallest absolute Gasteiger partial charge is 0.268 e. The lowest BCUT2D eigenvalue weighted by molar-refractivity contribution is 0.0739. The zero-order valence-electron chi connectivity index (χ0n) is 20.7. The van der Waals surface area contributed by atoms with E-state index < -0.39 is 21.5 Å². The van der Waals surface area contributed by atoms with Crippen LogP contribution in [-0.2, 0) is 22.1 Å². The van der Waals surface area contributed by atoms with Crippen LogP contribution in [0.2, 0.25) is 0 Å². The Balaban J connectivity index is 1.35. The Labute approximate surface area is 219 Å². The van der Waals surface area contributed by atoms with Gasteiger partial charge in [0.1, 0.15) is 17.1 Å². The third-order valence-electron chi connectivity index (χ3n) is 7.08. The van der Waals surface area contributed by atoms with E-state index in [1.165, 1.54) is 23.8 Å². The number of benzene rings is 3. The van der Waals surface area contributed by atoms with E-state index in [9.17, 15) is 23.2 Å². The standard InChI is InChI=1S/C30H34O6S/c31-26-16-14-24(15-17-26)29(32)10-6-9-28(37(33,34)35)20-13-23-11-18-27(19-12-23)36-30(21-4-5-22-30)25-7-2-1-3-8-25/h1-3,6-8,10-12,14-19,28-29,31-32H,4-5,9,13,20-22H2,(H,33,34,35)/b10-6+/t28-,29+/m0/s1.